The summed E-state index contributed by atoms with van der Waals surface area (Å²) in [6.45, 7) is 2.94. The Hall–Kier alpha value is -2.82. The Labute approximate surface area is 170 Å². The van der Waals surface area contributed by atoms with Crippen LogP contribution < -0.4 is 15.8 Å². The third-order valence-electron chi connectivity index (χ3n) is 4.46. The average Bonchev–Trinajstić information content (AvgIpc) is 2.69. The lowest BCUT2D eigenvalue weighted by Crippen LogP contribution is -2.15. The molecule has 3 N–H and O–H groups in total. The van der Waals surface area contributed by atoms with Crippen molar-refractivity contribution in [2.45, 2.75) is 26.5 Å². The lowest BCUT2D eigenvalue weighted by molar-refractivity contribution is -0.115. The molecule has 0 heterocycles. The maximum Gasteiger partial charge on any atom is 0.228 e. The first-order chi connectivity index (χ1) is 13.5. The van der Waals surface area contributed by atoms with Crippen LogP contribution in [0.2, 0.25) is 5.02 Å². The van der Waals surface area contributed by atoms with Crippen molar-refractivity contribution in [2.75, 3.05) is 5.32 Å². The van der Waals surface area contributed by atoms with Crippen LogP contribution in [-0.2, 0) is 24.4 Å². The SMILES string of the molecule is Cc1cc(NC(=O)Cc2ccccc2Cl)ccc1COc1cccc(CN)c1. The standard InChI is InChI=1S/C23H23ClN2O2/c1-16-11-20(26-23(27)13-18-6-2-3-8-22(18)24)10-9-19(16)15-28-21-7-4-5-17(12-21)14-25/h2-12H,13-15,25H2,1H3,(H,26,27). The third-order valence-corrected chi connectivity index (χ3v) is 4.83. The van der Waals surface area contributed by atoms with E-state index in [2.05, 4.69) is 5.32 Å². The van der Waals surface area contributed by atoms with Crippen LogP contribution in [0, 0.1) is 6.92 Å². The highest BCUT2D eigenvalue weighted by Crippen LogP contribution is 2.20. The van der Waals surface area contributed by atoms with Crippen LogP contribution in [0.15, 0.2) is 66.7 Å². The maximum absolute atomic E-state index is 12.3. The smallest absolute Gasteiger partial charge is 0.228 e. The quantitative estimate of drug-likeness (QED) is 0.601. The number of hydrogen-bond donors (Lipinski definition) is 2. The van der Waals surface area contributed by atoms with Crippen molar-refractivity contribution in [1.29, 1.82) is 0 Å². The van der Waals surface area contributed by atoms with Gasteiger partial charge in [-0.3, -0.25) is 4.79 Å². The Morgan fingerprint density at radius 3 is 2.61 bits per heavy atom. The molecule has 0 fully saturated rings. The largest absolute Gasteiger partial charge is 0.489 e. The molecule has 0 saturated carbocycles. The molecular formula is C23H23ClN2O2. The second-order valence-electron chi connectivity index (χ2n) is 6.60. The normalized spacial score (nSPS) is 10.5. The van der Waals surface area contributed by atoms with Gasteiger partial charge < -0.3 is 15.8 Å². The van der Waals surface area contributed by atoms with Gasteiger partial charge in [0.2, 0.25) is 5.91 Å². The van der Waals surface area contributed by atoms with Crippen molar-refractivity contribution >= 4 is 23.2 Å². The molecule has 0 radical (unpaired) electrons. The molecule has 3 aromatic rings. The van der Waals surface area contributed by atoms with Crippen LogP contribution in [0.1, 0.15) is 22.3 Å². The van der Waals surface area contributed by atoms with E-state index in [1.807, 2.05) is 67.6 Å². The lowest BCUT2D eigenvalue weighted by Gasteiger charge is -2.12. The minimum Gasteiger partial charge on any atom is -0.489 e. The molecule has 0 aliphatic heterocycles. The highest BCUT2D eigenvalue weighted by atomic mass is 35.5. The van der Waals surface area contributed by atoms with E-state index in [4.69, 9.17) is 22.1 Å². The van der Waals surface area contributed by atoms with Gasteiger partial charge in [0, 0.05) is 17.3 Å². The van der Waals surface area contributed by atoms with Crippen molar-refractivity contribution in [3.8, 4) is 5.75 Å². The summed E-state index contributed by atoms with van der Waals surface area (Å²) in [6.07, 6.45) is 0.237. The first-order valence-corrected chi connectivity index (χ1v) is 9.47. The first kappa shape index (κ1) is 19.9. The molecule has 0 aromatic heterocycles. The molecule has 3 rings (SSSR count). The second kappa shape index (κ2) is 9.40. The molecule has 0 spiro atoms. The van der Waals surface area contributed by atoms with Crippen LogP contribution >= 0.6 is 11.6 Å². The lowest BCUT2D eigenvalue weighted by atomic mass is 10.1. The van der Waals surface area contributed by atoms with Gasteiger partial charge in [-0.15, -0.1) is 0 Å². The molecular weight excluding hydrogens is 372 g/mol. The monoisotopic (exact) mass is 394 g/mol. The minimum atomic E-state index is -0.102. The molecule has 0 bridgehead atoms. The van der Waals surface area contributed by atoms with Crippen LogP contribution in [0.5, 0.6) is 5.75 Å². The van der Waals surface area contributed by atoms with E-state index in [1.54, 1.807) is 6.07 Å². The number of carbonyl (C=O) groups is 1. The molecule has 3 aromatic carbocycles. The first-order valence-electron chi connectivity index (χ1n) is 9.10. The van der Waals surface area contributed by atoms with Gasteiger partial charge in [-0.05, 0) is 59.5 Å². The molecule has 0 saturated heterocycles. The fourth-order valence-electron chi connectivity index (χ4n) is 2.88. The fraction of sp³-hybridized carbons (Fsp3) is 0.174. The molecule has 0 aliphatic carbocycles. The molecule has 0 aliphatic rings. The van der Waals surface area contributed by atoms with Crippen molar-refractivity contribution in [3.63, 3.8) is 0 Å². The van der Waals surface area contributed by atoms with E-state index in [9.17, 15) is 4.79 Å². The number of nitrogens with two attached hydrogens (primary N) is 1. The van der Waals surface area contributed by atoms with Gasteiger partial charge in [0.1, 0.15) is 12.4 Å². The summed E-state index contributed by atoms with van der Waals surface area (Å²) in [4.78, 5) is 12.3. The molecule has 144 valence electrons. The summed E-state index contributed by atoms with van der Waals surface area (Å²) in [5.74, 6) is 0.689. The number of halogens is 1. The van der Waals surface area contributed by atoms with E-state index in [1.165, 1.54) is 0 Å². The Kier molecular flexibility index (Phi) is 6.69. The van der Waals surface area contributed by atoms with Gasteiger partial charge in [-0.2, -0.15) is 0 Å². The molecule has 4 nitrogen and oxygen atoms in total. The van der Waals surface area contributed by atoms with E-state index in [0.717, 1.165) is 33.7 Å². The third kappa shape index (κ3) is 5.35. The average molecular weight is 395 g/mol. The van der Waals surface area contributed by atoms with Crippen molar-refractivity contribution in [3.05, 3.63) is 94.0 Å². The van der Waals surface area contributed by atoms with Gasteiger partial charge in [0.15, 0.2) is 0 Å². The Morgan fingerprint density at radius 1 is 1.04 bits per heavy atom. The summed E-state index contributed by atoms with van der Waals surface area (Å²) >= 11 is 6.12. The fourth-order valence-corrected chi connectivity index (χ4v) is 3.08. The van der Waals surface area contributed by atoms with E-state index in [-0.39, 0.29) is 12.3 Å². The molecule has 1 amide bonds. The number of carbonyl (C=O) groups excluding carboxylic acids is 1. The minimum absolute atomic E-state index is 0.102. The highest BCUT2D eigenvalue weighted by Gasteiger charge is 2.08. The second-order valence-corrected chi connectivity index (χ2v) is 7.01. The van der Waals surface area contributed by atoms with E-state index in [0.29, 0.717) is 18.2 Å². The molecule has 0 unspecified atom stereocenters. The summed E-state index contributed by atoms with van der Waals surface area (Å²) < 4.78 is 5.87. The number of ether oxygens (including phenoxy) is 1. The number of nitrogens with one attached hydrogen (secondary N) is 1. The zero-order valence-corrected chi connectivity index (χ0v) is 16.5. The van der Waals surface area contributed by atoms with Crippen LogP contribution in [0.25, 0.3) is 0 Å². The zero-order valence-electron chi connectivity index (χ0n) is 15.7. The Bertz CT molecular complexity index is 972. The number of rotatable bonds is 7. The summed E-state index contributed by atoms with van der Waals surface area (Å²) in [5.41, 5.74) is 10.4. The van der Waals surface area contributed by atoms with Gasteiger partial charge in [0.25, 0.3) is 0 Å². The maximum atomic E-state index is 12.3. The van der Waals surface area contributed by atoms with E-state index >= 15 is 0 Å². The topological polar surface area (TPSA) is 64.3 Å². The zero-order chi connectivity index (χ0) is 19.9. The summed E-state index contributed by atoms with van der Waals surface area (Å²) in [7, 11) is 0. The predicted molar refractivity (Wildman–Crippen MR) is 114 cm³/mol. The Balaban J connectivity index is 1.60. The van der Waals surface area contributed by atoms with Gasteiger partial charge in [-0.1, -0.05) is 48.0 Å². The number of benzene rings is 3. The van der Waals surface area contributed by atoms with Gasteiger partial charge in [0.05, 0.1) is 6.42 Å². The number of anilines is 1. The molecule has 0 atom stereocenters. The van der Waals surface area contributed by atoms with Gasteiger partial charge >= 0.3 is 0 Å². The summed E-state index contributed by atoms with van der Waals surface area (Å²) in [6, 6.07) is 20.9. The molecule has 5 heteroatoms. The molecule has 28 heavy (non-hydrogen) atoms. The highest BCUT2D eigenvalue weighted by molar-refractivity contribution is 6.31. The van der Waals surface area contributed by atoms with Crippen LogP contribution in [0.4, 0.5) is 5.69 Å². The van der Waals surface area contributed by atoms with Crippen molar-refractivity contribution in [2.24, 2.45) is 5.73 Å². The van der Waals surface area contributed by atoms with Crippen LogP contribution in [-0.4, -0.2) is 5.91 Å². The predicted octanol–water partition coefficient (Wildman–Crippen LogP) is 4.87. The van der Waals surface area contributed by atoms with Crippen molar-refractivity contribution < 1.29 is 9.53 Å². The number of aryl methyl sites for hydroxylation is 1. The van der Waals surface area contributed by atoms with E-state index < -0.39 is 0 Å². The Morgan fingerprint density at radius 2 is 1.86 bits per heavy atom. The van der Waals surface area contributed by atoms with Crippen molar-refractivity contribution in [1.82, 2.24) is 0 Å². The summed E-state index contributed by atoms with van der Waals surface area (Å²) in [5, 5.41) is 3.52. The van der Waals surface area contributed by atoms with Crippen LogP contribution in [0.3, 0.4) is 0 Å². The number of hydrogen-bond acceptors (Lipinski definition) is 3. The number of amides is 1. The van der Waals surface area contributed by atoms with Gasteiger partial charge in [-0.25, -0.2) is 0 Å².